The van der Waals surface area contributed by atoms with Crippen molar-refractivity contribution in [2.45, 2.75) is 10.7 Å². The van der Waals surface area contributed by atoms with Gasteiger partial charge in [-0.3, -0.25) is 0 Å². The fraction of sp³-hybridized carbons (Fsp3) is 0.125. The van der Waals surface area contributed by atoms with Gasteiger partial charge in [0, 0.05) is 4.90 Å². The molecule has 0 bridgehead atoms. The third-order valence-electron chi connectivity index (χ3n) is 1.33. The molecule has 0 saturated carbocycles. The molecule has 70 valence electrons. The summed E-state index contributed by atoms with van der Waals surface area (Å²) in [7, 11) is 0. The minimum atomic E-state index is -2.48. The van der Waals surface area contributed by atoms with E-state index in [1.165, 1.54) is 24.3 Å². The Balaban J connectivity index is 2.75. The molecule has 1 rings (SSSR count). The van der Waals surface area contributed by atoms with Gasteiger partial charge in [-0.25, -0.2) is 4.79 Å². The number of hydrogen-bond donors (Lipinski definition) is 1. The first-order valence-corrected chi connectivity index (χ1v) is 4.26. The SMILES string of the molecule is O=C(O)c1ccc(SC(F)F)cc1. The van der Waals surface area contributed by atoms with E-state index in [1.807, 2.05) is 0 Å². The summed E-state index contributed by atoms with van der Waals surface area (Å²) in [4.78, 5) is 10.7. The lowest BCUT2D eigenvalue weighted by atomic mass is 10.2. The molecule has 0 radical (unpaired) electrons. The molecule has 0 aromatic heterocycles. The van der Waals surface area contributed by atoms with E-state index in [0.717, 1.165) is 0 Å². The van der Waals surface area contributed by atoms with Gasteiger partial charge < -0.3 is 5.11 Å². The molecular formula is C8H6F2O2S. The van der Waals surface area contributed by atoms with Gasteiger partial charge in [-0.15, -0.1) is 0 Å². The number of benzene rings is 1. The van der Waals surface area contributed by atoms with Crippen molar-refractivity contribution < 1.29 is 18.7 Å². The summed E-state index contributed by atoms with van der Waals surface area (Å²) in [5, 5.41) is 8.50. The molecule has 1 N–H and O–H groups in total. The number of alkyl halides is 2. The van der Waals surface area contributed by atoms with Crippen molar-refractivity contribution in [1.82, 2.24) is 0 Å². The summed E-state index contributed by atoms with van der Waals surface area (Å²) >= 11 is 0.393. The van der Waals surface area contributed by atoms with Crippen LogP contribution in [0.2, 0.25) is 0 Å². The van der Waals surface area contributed by atoms with Crippen LogP contribution in [0, 0.1) is 0 Å². The van der Waals surface area contributed by atoms with E-state index >= 15 is 0 Å². The van der Waals surface area contributed by atoms with Crippen LogP contribution in [0.5, 0.6) is 0 Å². The third-order valence-corrected chi connectivity index (χ3v) is 2.05. The number of carbonyl (C=O) groups is 1. The van der Waals surface area contributed by atoms with E-state index in [4.69, 9.17) is 5.11 Å². The van der Waals surface area contributed by atoms with Gasteiger partial charge in [0.1, 0.15) is 0 Å². The molecule has 0 aliphatic heterocycles. The van der Waals surface area contributed by atoms with Crippen molar-refractivity contribution in [3.05, 3.63) is 29.8 Å². The van der Waals surface area contributed by atoms with Gasteiger partial charge in [0.15, 0.2) is 0 Å². The number of carboxylic acids is 1. The molecule has 0 amide bonds. The van der Waals surface area contributed by atoms with Crippen LogP contribution in [0.4, 0.5) is 8.78 Å². The Morgan fingerprint density at radius 2 is 1.85 bits per heavy atom. The van der Waals surface area contributed by atoms with E-state index in [1.54, 1.807) is 0 Å². The number of hydrogen-bond acceptors (Lipinski definition) is 2. The first kappa shape index (κ1) is 9.98. The zero-order valence-electron chi connectivity index (χ0n) is 6.41. The molecule has 13 heavy (non-hydrogen) atoms. The number of thioether (sulfide) groups is 1. The molecule has 0 fully saturated rings. The summed E-state index contributed by atoms with van der Waals surface area (Å²) in [5.41, 5.74) is 0.0959. The van der Waals surface area contributed by atoms with Gasteiger partial charge in [-0.2, -0.15) is 8.78 Å². The lowest BCUT2D eigenvalue weighted by Gasteiger charge is -1.99. The molecule has 0 unspecified atom stereocenters. The standard InChI is InChI=1S/C8H6F2O2S/c9-8(10)13-6-3-1-5(2-4-6)7(11)12/h1-4,8H,(H,11,12). The van der Waals surface area contributed by atoms with Crippen molar-refractivity contribution in [1.29, 1.82) is 0 Å². The van der Waals surface area contributed by atoms with Gasteiger partial charge in [0.05, 0.1) is 5.56 Å². The fourth-order valence-corrected chi connectivity index (χ4v) is 1.28. The number of rotatable bonds is 3. The maximum atomic E-state index is 11.8. The zero-order valence-corrected chi connectivity index (χ0v) is 7.22. The van der Waals surface area contributed by atoms with Crippen LogP contribution in [0.25, 0.3) is 0 Å². The van der Waals surface area contributed by atoms with Gasteiger partial charge in [0.2, 0.25) is 0 Å². The topological polar surface area (TPSA) is 37.3 Å². The summed E-state index contributed by atoms with van der Waals surface area (Å²) < 4.78 is 23.7. The van der Waals surface area contributed by atoms with E-state index in [9.17, 15) is 13.6 Å². The first-order valence-electron chi connectivity index (χ1n) is 3.38. The highest BCUT2D eigenvalue weighted by Gasteiger charge is 2.06. The Hall–Kier alpha value is -1.10. The molecule has 1 aromatic carbocycles. The Morgan fingerprint density at radius 3 is 2.23 bits per heavy atom. The van der Waals surface area contributed by atoms with Crippen LogP contribution in [-0.4, -0.2) is 16.8 Å². The Bertz CT molecular complexity index is 298. The lowest BCUT2D eigenvalue weighted by molar-refractivity contribution is 0.0697. The summed E-state index contributed by atoms with van der Waals surface area (Å²) in [5.74, 6) is -3.54. The first-order chi connectivity index (χ1) is 6.09. The van der Waals surface area contributed by atoms with Gasteiger partial charge >= 0.3 is 5.97 Å². The number of halogens is 2. The summed E-state index contributed by atoms with van der Waals surface area (Å²) in [6, 6.07) is 5.32. The number of aromatic carboxylic acids is 1. The zero-order chi connectivity index (χ0) is 9.84. The predicted octanol–water partition coefficient (Wildman–Crippen LogP) is 2.70. The third kappa shape index (κ3) is 3.02. The molecular weight excluding hydrogens is 198 g/mol. The van der Waals surface area contributed by atoms with Gasteiger partial charge in [-0.05, 0) is 24.3 Å². The quantitative estimate of drug-likeness (QED) is 0.769. The van der Waals surface area contributed by atoms with Crippen LogP contribution < -0.4 is 0 Å². The van der Waals surface area contributed by atoms with E-state index in [2.05, 4.69) is 0 Å². The van der Waals surface area contributed by atoms with Crippen LogP contribution in [0.1, 0.15) is 10.4 Å². The van der Waals surface area contributed by atoms with Crippen molar-refractivity contribution in [3.63, 3.8) is 0 Å². The second-order valence-electron chi connectivity index (χ2n) is 2.21. The Morgan fingerprint density at radius 1 is 1.31 bits per heavy atom. The fourth-order valence-electron chi connectivity index (χ4n) is 0.779. The lowest BCUT2D eigenvalue weighted by Crippen LogP contribution is -1.94. The van der Waals surface area contributed by atoms with Crippen LogP contribution in [-0.2, 0) is 0 Å². The molecule has 0 aliphatic rings. The number of carboxylic acid groups (broad SMARTS) is 1. The van der Waals surface area contributed by atoms with E-state index < -0.39 is 11.7 Å². The second-order valence-corrected chi connectivity index (χ2v) is 3.27. The molecule has 0 aliphatic carbocycles. The second kappa shape index (κ2) is 4.23. The molecule has 2 nitrogen and oxygen atoms in total. The van der Waals surface area contributed by atoms with Crippen LogP contribution in [0.3, 0.4) is 0 Å². The molecule has 5 heteroatoms. The average Bonchev–Trinajstić information content (AvgIpc) is 2.04. The van der Waals surface area contributed by atoms with Gasteiger partial charge in [0.25, 0.3) is 5.76 Å². The van der Waals surface area contributed by atoms with Gasteiger partial charge in [-0.1, -0.05) is 11.8 Å². The Kier molecular flexibility index (Phi) is 3.25. The highest BCUT2D eigenvalue weighted by atomic mass is 32.2. The molecule has 0 heterocycles. The summed E-state index contributed by atoms with van der Waals surface area (Å²) in [6.07, 6.45) is 0. The normalized spacial score (nSPS) is 10.4. The van der Waals surface area contributed by atoms with Crippen LogP contribution >= 0.6 is 11.8 Å². The molecule has 1 aromatic rings. The maximum absolute atomic E-state index is 11.8. The highest BCUT2D eigenvalue weighted by molar-refractivity contribution is 7.99. The largest absolute Gasteiger partial charge is 0.478 e. The van der Waals surface area contributed by atoms with Crippen LogP contribution in [0.15, 0.2) is 29.2 Å². The minimum absolute atomic E-state index is 0.0959. The predicted molar refractivity (Wildman–Crippen MR) is 45.3 cm³/mol. The summed E-state index contributed by atoms with van der Waals surface area (Å²) in [6.45, 7) is 0. The molecule has 0 saturated heterocycles. The van der Waals surface area contributed by atoms with E-state index in [0.29, 0.717) is 16.7 Å². The van der Waals surface area contributed by atoms with Crippen molar-refractivity contribution >= 4 is 17.7 Å². The van der Waals surface area contributed by atoms with E-state index in [-0.39, 0.29) is 5.56 Å². The average molecular weight is 204 g/mol. The smallest absolute Gasteiger partial charge is 0.335 e. The van der Waals surface area contributed by atoms with Crippen molar-refractivity contribution in [2.24, 2.45) is 0 Å². The minimum Gasteiger partial charge on any atom is -0.478 e. The maximum Gasteiger partial charge on any atom is 0.335 e. The molecule has 0 spiro atoms. The highest BCUT2D eigenvalue weighted by Crippen LogP contribution is 2.24. The Labute approximate surface area is 77.6 Å². The molecule has 0 atom stereocenters. The van der Waals surface area contributed by atoms with Crippen molar-refractivity contribution in [2.75, 3.05) is 0 Å². The monoisotopic (exact) mass is 204 g/mol. The van der Waals surface area contributed by atoms with Crippen molar-refractivity contribution in [3.8, 4) is 0 Å².